The Labute approximate surface area is 240 Å². The first-order valence-electron chi connectivity index (χ1n) is 13.2. The second-order valence-electron chi connectivity index (χ2n) is 9.30. The van der Waals surface area contributed by atoms with Crippen molar-refractivity contribution in [3.63, 3.8) is 0 Å². The largest absolute Gasteiger partial charge is 0.492 e. The van der Waals surface area contributed by atoms with E-state index in [1.165, 1.54) is 23.5 Å². The first-order valence-corrected chi connectivity index (χ1v) is 14.8. The average Bonchev–Trinajstić information content (AvgIpc) is 3.35. The summed E-state index contributed by atoms with van der Waals surface area (Å²) >= 11 is 2.94. The Hall–Kier alpha value is -3.10. The molecule has 0 aromatic heterocycles. The van der Waals surface area contributed by atoms with E-state index >= 15 is 0 Å². The summed E-state index contributed by atoms with van der Waals surface area (Å²) in [5.74, 6) is 2.33. The minimum Gasteiger partial charge on any atom is -0.492 e. The molecule has 2 rings (SSSR count). The number of carbonyl (C=O) groups excluding carboxylic acids is 2. The number of aryl methyl sites for hydroxylation is 2. The lowest BCUT2D eigenvalue weighted by Gasteiger charge is -2.14. The molecule has 0 aliphatic carbocycles. The van der Waals surface area contributed by atoms with E-state index in [1.54, 1.807) is 12.9 Å². The molecule has 1 aromatic carbocycles. The molecule has 1 aliphatic heterocycles. The van der Waals surface area contributed by atoms with E-state index in [9.17, 15) is 20.1 Å². The van der Waals surface area contributed by atoms with Crippen LogP contribution in [-0.2, 0) is 19.1 Å². The molecule has 0 spiro atoms. The second-order valence-corrected chi connectivity index (χ2v) is 11.6. The van der Waals surface area contributed by atoms with Gasteiger partial charge in [0, 0.05) is 11.3 Å². The van der Waals surface area contributed by atoms with E-state index in [0.29, 0.717) is 18.6 Å². The van der Waals surface area contributed by atoms with Crippen molar-refractivity contribution in [3.8, 4) is 17.9 Å². The smallest absolute Gasteiger partial charge is 0.305 e. The molecular formula is C30H36N2O5S2. The molecule has 0 amide bonds. The number of hydrogen-bond acceptors (Lipinski definition) is 9. The molecule has 0 fully saturated rings. The Morgan fingerprint density at radius 1 is 0.872 bits per heavy atom. The van der Waals surface area contributed by atoms with Gasteiger partial charge in [-0.1, -0.05) is 74.7 Å². The normalized spacial score (nSPS) is 11.6. The fourth-order valence-electron chi connectivity index (χ4n) is 3.96. The van der Waals surface area contributed by atoms with Gasteiger partial charge in [-0.3, -0.25) is 4.79 Å². The monoisotopic (exact) mass is 568 g/mol. The number of ether oxygens (including phenoxy) is 3. The fraction of sp³-hybridized carbons (Fsp3) is 0.500. The quantitative estimate of drug-likeness (QED) is 0.0471. The maximum Gasteiger partial charge on any atom is 0.305 e. The first-order chi connectivity index (χ1) is 18.8. The van der Waals surface area contributed by atoms with Crippen LogP contribution in [0.3, 0.4) is 0 Å². The minimum absolute atomic E-state index is 0.0568. The number of benzene rings is 1. The van der Waals surface area contributed by atoms with Crippen LogP contribution in [0.1, 0.15) is 75.8 Å². The van der Waals surface area contributed by atoms with Crippen LogP contribution in [-0.4, -0.2) is 31.7 Å². The molecule has 1 aliphatic rings. The van der Waals surface area contributed by atoms with Crippen LogP contribution in [0.4, 0.5) is 0 Å². The number of nitrogens with zero attached hydrogens (tertiary/aromatic N) is 2. The summed E-state index contributed by atoms with van der Waals surface area (Å²) in [5.41, 5.74) is 2.84. The van der Waals surface area contributed by atoms with Crippen molar-refractivity contribution in [1.29, 1.82) is 10.5 Å². The van der Waals surface area contributed by atoms with Crippen molar-refractivity contribution in [1.82, 2.24) is 0 Å². The van der Waals surface area contributed by atoms with Gasteiger partial charge >= 0.3 is 5.97 Å². The predicted molar refractivity (Wildman–Crippen MR) is 154 cm³/mol. The number of carbonyl (C=O) groups is 1. The van der Waals surface area contributed by atoms with Crippen LogP contribution >= 0.6 is 23.5 Å². The fourth-order valence-corrected chi connectivity index (χ4v) is 6.60. The van der Waals surface area contributed by atoms with Gasteiger partial charge in [-0.05, 0) is 50.3 Å². The lowest BCUT2D eigenvalue weighted by Crippen LogP contribution is -2.10. The van der Waals surface area contributed by atoms with Crippen molar-refractivity contribution < 1.29 is 23.8 Å². The minimum atomic E-state index is -0.250. The molecule has 1 heterocycles. The SMILES string of the molecule is C=C(C)C(=C=O)OCCOC(=O)CCCCCCCCCCOc1c(C)cc(C)c2c1SC(=C(C#N)C#N)S2. The van der Waals surface area contributed by atoms with Crippen LogP contribution in [0.2, 0.25) is 0 Å². The maximum atomic E-state index is 11.8. The summed E-state index contributed by atoms with van der Waals surface area (Å²) in [6, 6.07) is 6.08. The topological polar surface area (TPSA) is 109 Å². The van der Waals surface area contributed by atoms with Crippen LogP contribution in [0.15, 0.2) is 43.6 Å². The van der Waals surface area contributed by atoms with E-state index < -0.39 is 0 Å². The molecule has 0 bridgehead atoms. The van der Waals surface area contributed by atoms with E-state index in [2.05, 4.69) is 12.6 Å². The summed E-state index contributed by atoms with van der Waals surface area (Å²) in [7, 11) is 0. The molecule has 9 heteroatoms. The highest BCUT2D eigenvalue weighted by Gasteiger charge is 2.27. The highest BCUT2D eigenvalue weighted by Crippen LogP contribution is 2.57. The number of hydrogen-bond donors (Lipinski definition) is 0. The van der Waals surface area contributed by atoms with Crippen molar-refractivity contribution in [2.24, 2.45) is 0 Å². The maximum absolute atomic E-state index is 11.8. The Bertz CT molecular complexity index is 1190. The average molecular weight is 569 g/mol. The molecule has 39 heavy (non-hydrogen) atoms. The van der Waals surface area contributed by atoms with Crippen LogP contribution in [0.25, 0.3) is 0 Å². The van der Waals surface area contributed by atoms with Gasteiger partial charge < -0.3 is 14.2 Å². The Morgan fingerprint density at radius 2 is 1.46 bits per heavy atom. The number of nitriles is 2. The third-order valence-corrected chi connectivity index (χ3v) is 8.71. The zero-order valence-electron chi connectivity index (χ0n) is 23.0. The number of rotatable bonds is 17. The lowest BCUT2D eigenvalue weighted by atomic mass is 10.1. The molecule has 7 nitrogen and oxygen atoms in total. The molecule has 208 valence electrons. The molecule has 0 saturated heterocycles. The van der Waals surface area contributed by atoms with Crippen molar-refractivity contribution in [3.05, 3.63) is 44.9 Å². The van der Waals surface area contributed by atoms with Crippen molar-refractivity contribution >= 4 is 35.4 Å². The second kappa shape index (κ2) is 17.5. The molecular weight excluding hydrogens is 532 g/mol. The highest BCUT2D eigenvalue weighted by molar-refractivity contribution is 8.24. The summed E-state index contributed by atoms with van der Waals surface area (Å²) in [5, 5.41) is 18.5. The number of allylic oxidation sites excluding steroid dienone is 2. The molecule has 0 unspecified atom stereocenters. The number of fused-ring (bicyclic) bond motifs is 1. The van der Waals surface area contributed by atoms with Gasteiger partial charge in [0.15, 0.2) is 5.94 Å². The van der Waals surface area contributed by atoms with Gasteiger partial charge in [-0.2, -0.15) is 10.5 Å². The first kappa shape index (κ1) is 32.1. The molecule has 1 aromatic rings. The number of esters is 1. The van der Waals surface area contributed by atoms with E-state index in [0.717, 1.165) is 82.3 Å². The van der Waals surface area contributed by atoms with Gasteiger partial charge in [0.1, 0.15) is 36.7 Å². The molecule has 0 radical (unpaired) electrons. The highest BCUT2D eigenvalue weighted by atomic mass is 32.2. The zero-order chi connectivity index (χ0) is 28.6. The summed E-state index contributed by atoms with van der Waals surface area (Å²) in [4.78, 5) is 24.5. The molecule has 0 atom stereocenters. The third-order valence-electron chi connectivity index (χ3n) is 5.97. The van der Waals surface area contributed by atoms with Crippen LogP contribution in [0, 0.1) is 36.5 Å². The van der Waals surface area contributed by atoms with Gasteiger partial charge in [-0.25, -0.2) is 4.79 Å². The number of unbranched alkanes of at least 4 members (excludes halogenated alkanes) is 7. The molecule has 0 saturated carbocycles. The van der Waals surface area contributed by atoms with Gasteiger partial charge in [-0.15, -0.1) is 0 Å². The third kappa shape index (κ3) is 10.5. The Balaban J connectivity index is 1.55. The van der Waals surface area contributed by atoms with Crippen LogP contribution in [0.5, 0.6) is 5.75 Å². The van der Waals surface area contributed by atoms with Gasteiger partial charge in [0.25, 0.3) is 0 Å². The predicted octanol–water partition coefficient (Wildman–Crippen LogP) is 7.50. The Morgan fingerprint density at radius 3 is 2.08 bits per heavy atom. The van der Waals surface area contributed by atoms with E-state index in [1.807, 2.05) is 26.0 Å². The van der Waals surface area contributed by atoms with Gasteiger partial charge in [0.2, 0.25) is 5.76 Å². The summed E-state index contributed by atoms with van der Waals surface area (Å²) in [6.07, 6.45) is 8.76. The van der Waals surface area contributed by atoms with Crippen molar-refractivity contribution in [2.45, 2.75) is 88.3 Å². The van der Waals surface area contributed by atoms with Crippen LogP contribution < -0.4 is 4.74 Å². The number of thioether (sulfide) groups is 2. The molecule has 0 N–H and O–H groups in total. The van der Waals surface area contributed by atoms with E-state index in [-0.39, 0.29) is 30.5 Å². The Kier molecular flexibility index (Phi) is 14.4. The van der Waals surface area contributed by atoms with Gasteiger partial charge in [0.05, 0.1) is 15.7 Å². The van der Waals surface area contributed by atoms with Crippen molar-refractivity contribution in [2.75, 3.05) is 19.8 Å². The summed E-state index contributed by atoms with van der Waals surface area (Å²) in [6.45, 7) is 10.2. The standard InChI is InChI=1S/C30H36N2O5S2/c1-21(2)25(20-33)35-15-16-36-26(34)13-11-9-7-5-6-8-10-12-14-37-27-22(3)17-23(4)28-29(27)39-30(38-28)24(18-31)19-32/h17H,1,5-16H2,2-4H3. The zero-order valence-corrected chi connectivity index (χ0v) is 24.7. The van der Waals surface area contributed by atoms with E-state index in [4.69, 9.17) is 14.2 Å². The lowest BCUT2D eigenvalue weighted by molar-refractivity contribution is -0.144. The summed E-state index contributed by atoms with van der Waals surface area (Å²) < 4.78 is 17.2.